The summed E-state index contributed by atoms with van der Waals surface area (Å²) in [6, 6.07) is 8.42. The van der Waals surface area contributed by atoms with Crippen molar-refractivity contribution in [2.45, 2.75) is 0 Å². The van der Waals surface area contributed by atoms with Crippen molar-refractivity contribution < 1.29 is 27.4 Å². The molecule has 2 aromatic rings. The van der Waals surface area contributed by atoms with Crippen LogP contribution < -0.4 is 4.74 Å². The Balaban J connectivity index is 0.000000391. The third-order valence-corrected chi connectivity index (χ3v) is 3.50. The van der Waals surface area contributed by atoms with Gasteiger partial charge in [-0.3, -0.25) is 4.39 Å². The Bertz CT molecular complexity index is 628. The maximum Gasteiger partial charge on any atom is 0.166 e. The molecule has 0 saturated heterocycles. The number of ether oxygens (including phenoxy) is 1. The van der Waals surface area contributed by atoms with Crippen LogP contribution in [-0.4, -0.2) is 30.4 Å². The summed E-state index contributed by atoms with van der Waals surface area (Å²) in [5, 5.41) is 9.11. The number of benzene rings is 2. The topological polar surface area (TPSA) is 29.5 Å². The third-order valence-electron chi connectivity index (χ3n) is 2.21. The minimum Gasteiger partial charge on any atom is -0.505 e. The largest absolute Gasteiger partial charge is 0.505 e. The molecule has 9 heteroatoms. The van der Waals surface area contributed by atoms with Gasteiger partial charge in [0.2, 0.25) is 0 Å². The number of hydrogen-bond acceptors (Lipinski definition) is 2. The Morgan fingerprint density at radius 2 is 1.40 bits per heavy atom. The summed E-state index contributed by atoms with van der Waals surface area (Å²) in [6.07, 6.45) is 0. The number of rotatable bonds is 4. The van der Waals surface area contributed by atoms with E-state index in [1.807, 2.05) is 0 Å². The molecule has 0 amide bonds. The van der Waals surface area contributed by atoms with Crippen LogP contribution in [0.15, 0.2) is 45.3 Å². The van der Waals surface area contributed by atoms with E-state index in [0.717, 1.165) is 0 Å². The molecule has 0 fully saturated rings. The first-order chi connectivity index (χ1) is 11.8. The number of phenolic OH excluding ortho intramolecular Hbond substituents is 1. The number of aromatic hydroxyl groups is 1. The average Bonchev–Trinajstić information content (AvgIpc) is 2.58. The molecule has 0 radical (unpaired) electrons. The molecule has 0 aromatic heterocycles. The second-order valence-corrected chi connectivity index (χ2v) is 6.71. The Hall–Kier alpha value is -0.800. The summed E-state index contributed by atoms with van der Waals surface area (Å²) >= 11 is 9.01. The molecule has 0 aliphatic heterocycles. The highest BCUT2D eigenvalue weighted by molar-refractivity contribution is 9.10. The van der Waals surface area contributed by atoms with Gasteiger partial charge in [0.1, 0.15) is 13.3 Å². The van der Waals surface area contributed by atoms with E-state index in [4.69, 9.17) is 9.84 Å². The molecule has 1 N–H and O–H groups in total. The molecular weight excluding hydrogens is 540 g/mol. The second kappa shape index (κ2) is 14.4. The van der Waals surface area contributed by atoms with Gasteiger partial charge < -0.3 is 9.84 Å². The number of alkyl halides is 3. The fourth-order valence-electron chi connectivity index (χ4n) is 1.22. The van der Waals surface area contributed by atoms with Crippen LogP contribution in [0.25, 0.3) is 0 Å². The molecule has 0 aliphatic carbocycles. The van der Waals surface area contributed by atoms with Crippen molar-refractivity contribution in [1.29, 1.82) is 0 Å². The van der Waals surface area contributed by atoms with E-state index in [1.54, 1.807) is 12.1 Å². The molecular formula is C16H15Br3F4O2. The molecule has 140 valence electrons. The van der Waals surface area contributed by atoms with Crippen molar-refractivity contribution in [3.05, 3.63) is 57.0 Å². The molecule has 0 heterocycles. The molecule has 0 aliphatic rings. The quantitative estimate of drug-likeness (QED) is 0.342. The number of phenols is 1. The predicted molar refractivity (Wildman–Crippen MR) is 101 cm³/mol. The second-order valence-electron chi connectivity index (χ2n) is 4.09. The summed E-state index contributed by atoms with van der Waals surface area (Å²) in [5.74, 6) is -1.34. The van der Waals surface area contributed by atoms with Gasteiger partial charge in [0.25, 0.3) is 0 Å². The molecule has 0 spiro atoms. The van der Waals surface area contributed by atoms with Gasteiger partial charge in [-0.1, -0.05) is 47.8 Å². The lowest BCUT2D eigenvalue weighted by Gasteiger charge is -2.04. The summed E-state index contributed by atoms with van der Waals surface area (Å²) in [5.41, 5.74) is 0. The Kier molecular flexibility index (Phi) is 13.9. The van der Waals surface area contributed by atoms with Gasteiger partial charge in [0.15, 0.2) is 23.1 Å². The highest BCUT2D eigenvalue weighted by atomic mass is 79.9. The maximum atomic E-state index is 12.9. The van der Waals surface area contributed by atoms with Crippen molar-refractivity contribution in [2.24, 2.45) is 0 Å². The molecule has 2 rings (SSSR count). The monoisotopic (exact) mass is 552 g/mol. The van der Waals surface area contributed by atoms with Gasteiger partial charge >= 0.3 is 0 Å². The van der Waals surface area contributed by atoms with E-state index >= 15 is 0 Å². The van der Waals surface area contributed by atoms with Crippen LogP contribution in [0.5, 0.6) is 11.5 Å². The molecule has 0 saturated carbocycles. The van der Waals surface area contributed by atoms with Crippen LogP contribution >= 0.6 is 47.8 Å². The number of halogens is 7. The third kappa shape index (κ3) is 11.4. The standard InChI is InChI=1S/C8H7BrF2O.C6H4BrFO.C2H4BrF/c9-6-1-2-8(7(11)5-6)12-4-3-10;7-4-1-2-6(9)5(8)3-4;3-1-2-4/h1-2,5H,3-4H2;1-3,9H;1-2H2. The smallest absolute Gasteiger partial charge is 0.166 e. The van der Waals surface area contributed by atoms with E-state index in [-0.39, 0.29) is 24.8 Å². The minimum atomic E-state index is -0.616. The van der Waals surface area contributed by atoms with Crippen LogP contribution in [0.3, 0.4) is 0 Å². The van der Waals surface area contributed by atoms with Crippen LogP contribution in [0, 0.1) is 11.6 Å². The number of hydrogen-bond donors (Lipinski definition) is 1. The lowest BCUT2D eigenvalue weighted by atomic mass is 10.3. The van der Waals surface area contributed by atoms with Gasteiger partial charge in [0.05, 0.1) is 6.67 Å². The zero-order valence-electron chi connectivity index (χ0n) is 12.8. The summed E-state index contributed by atoms with van der Waals surface area (Å²) in [7, 11) is 0. The predicted octanol–water partition coefficient (Wildman–Crippen LogP) is 6.58. The van der Waals surface area contributed by atoms with Gasteiger partial charge in [-0.2, -0.15) is 0 Å². The first-order valence-corrected chi connectivity index (χ1v) is 9.46. The van der Waals surface area contributed by atoms with Crippen molar-refractivity contribution in [1.82, 2.24) is 0 Å². The van der Waals surface area contributed by atoms with E-state index in [0.29, 0.717) is 14.3 Å². The van der Waals surface area contributed by atoms with E-state index in [1.165, 1.54) is 24.3 Å². The van der Waals surface area contributed by atoms with Crippen molar-refractivity contribution in [3.63, 3.8) is 0 Å². The fourth-order valence-corrected chi connectivity index (χ4v) is 1.89. The van der Waals surface area contributed by atoms with Crippen molar-refractivity contribution >= 4 is 47.8 Å². The molecule has 2 nitrogen and oxygen atoms in total. The summed E-state index contributed by atoms with van der Waals surface area (Å²) in [6.45, 7) is -0.992. The minimum absolute atomic E-state index is 0.0795. The lowest BCUT2D eigenvalue weighted by Crippen LogP contribution is -2.00. The lowest BCUT2D eigenvalue weighted by molar-refractivity contribution is 0.262. The SMILES string of the molecule is FCCBr.FCCOc1ccc(Br)cc1F.Oc1ccc(Br)cc1F. The summed E-state index contributed by atoms with van der Waals surface area (Å²) in [4.78, 5) is 0. The molecule has 25 heavy (non-hydrogen) atoms. The average molecular weight is 555 g/mol. The summed E-state index contributed by atoms with van der Waals surface area (Å²) < 4.78 is 53.5. The van der Waals surface area contributed by atoms with E-state index < -0.39 is 18.3 Å². The van der Waals surface area contributed by atoms with E-state index in [9.17, 15) is 17.6 Å². The van der Waals surface area contributed by atoms with Gasteiger partial charge in [-0.15, -0.1) is 0 Å². The van der Waals surface area contributed by atoms with Crippen molar-refractivity contribution in [2.75, 3.05) is 25.3 Å². The Morgan fingerprint density at radius 1 is 0.880 bits per heavy atom. The molecule has 0 bridgehead atoms. The molecule has 0 unspecified atom stereocenters. The highest BCUT2D eigenvalue weighted by Crippen LogP contribution is 2.21. The highest BCUT2D eigenvalue weighted by Gasteiger charge is 2.02. The van der Waals surface area contributed by atoms with Crippen LogP contribution in [-0.2, 0) is 0 Å². The first-order valence-electron chi connectivity index (χ1n) is 6.75. The van der Waals surface area contributed by atoms with E-state index in [2.05, 4.69) is 47.8 Å². The fraction of sp³-hybridized carbons (Fsp3) is 0.250. The maximum absolute atomic E-state index is 12.9. The van der Waals surface area contributed by atoms with Gasteiger partial charge in [-0.05, 0) is 36.4 Å². The van der Waals surface area contributed by atoms with Crippen LogP contribution in [0.4, 0.5) is 17.6 Å². The Labute approximate surface area is 168 Å². The first kappa shape index (κ1) is 24.2. The Morgan fingerprint density at radius 3 is 1.80 bits per heavy atom. The van der Waals surface area contributed by atoms with Crippen molar-refractivity contribution in [3.8, 4) is 11.5 Å². The molecule has 2 aromatic carbocycles. The normalized spacial score (nSPS) is 9.40. The van der Waals surface area contributed by atoms with Crippen LogP contribution in [0.2, 0.25) is 0 Å². The van der Waals surface area contributed by atoms with Gasteiger partial charge in [-0.25, -0.2) is 13.2 Å². The van der Waals surface area contributed by atoms with Crippen LogP contribution in [0.1, 0.15) is 0 Å². The zero-order valence-corrected chi connectivity index (χ0v) is 17.6. The zero-order chi connectivity index (χ0) is 19.2. The van der Waals surface area contributed by atoms with Gasteiger partial charge in [0, 0.05) is 14.3 Å². The molecule has 0 atom stereocenters.